The van der Waals surface area contributed by atoms with Gasteiger partial charge in [0.15, 0.2) is 0 Å². The number of aryl methyl sites for hydroxylation is 1. The molecule has 0 spiro atoms. The van der Waals surface area contributed by atoms with Crippen LogP contribution in [-0.4, -0.2) is 22.8 Å². The molecule has 0 aliphatic heterocycles. The van der Waals surface area contributed by atoms with Gasteiger partial charge in [-0.2, -0.15) is 5.26 Å². The summed E-state index contributed by atoms with van der Waals surface area (Å²) in [6.45, 7) is 2.57. The van der Waals surface area contributed by atoms with E-state index in [0.29, 0.717) is 17.8 Å². The van der Waals surface area contributed by atoms with Crippen molar-refractivity contribution in [3.8, 4) is 6.07 Å². The second-order valence-electron chi connectivity index (χ2n) is 4.63. The first-order chi connectivity index (χ1) is 9.61. The van der Waals surface area contributed by atoms with E-state index in [-0.39, 0.29) is 5.91 Å². The van der Waals surface area contributed by atoms with Gasteiger partial charge in [0.25, 0.3) is 5.91 Å². The smallest absolute Gasteiger partial charge is 0.255 e. The SMILES string of the molecule is Cc1ccccc1CN(C)C(=O)c1ccc(C#N)nc1. The van der Waals surface area contributed by atoms with Gasteiger partial charge in [-0.1, -0.05) is 24.3 Å². The molecular formula is C16H15N3O. The first-order valence-electron chi connectivity index (χ1n) is 6.28. The third-order valence-electron chi connectivity index (χ3n) is 3.14. The summed E-state index contributed by atoms with van der Waals surface area (Å²) in [6, 6.07) is 13.1. The summed E-state index contributed by atoms with van der Waals surface area (Å²) < 4.78 is 0. The molecule has 0 radical (unpaired) electrons. The van der Waals surface area contributed by atoms with Gasteiger partial charge < -0.3 is 4.90 Å². The van der Waals surface area contributed by atoms with E-state index in [0.717, 1.165) is 11.1 Å². The summed E-state index contributed by atoms with van der Waals surface area (Å²) in [4.78, 5) is 17.8. The normalized spacial score (nSPS) is 9.85. The van der Waals surface area contributed by atoms with E-state index in [1.807, 2.05) is 37.3 Å². The summed E-state index contributed by atoms with van der Waals surface area (Å²) in [5.41, 5.74) is 3.07. The van der Waals surface area contributed by atoms with Crippen molar-refractivity contribution >= 4 is 5.91 Å². The Balaban J connectivity index is 2.12. The third-order valence-corrected chi connectivity index (χ3v) is 3.14. The van der Waals surface area contributed by atoms with E-state index in [9.17, 15) is 4.79 Å². The van der Waals surface area contributed by atoms with Crippen LogP contribution in [0.2, 0.25) is 0 Å². The highest BCUT2D eigenvalue weighted by Crippen LogP contribution is 2.12. The molecule has 0 unspecified atom stereocenters. The molecule has 0 fully saturated rings. The van der Waals surface area contributed by atoms with Gasteiger partial charge >= 0.3 is 0 Å². The number of nitriles is 1. The number of pyridine rings is 1. The first-order valence-corrected chi connectivity index (χ1v) is 6.28. The van der Waals surface area contributed by atoms with Crippen LogP contribution < -0.4 is 0 Å². The van der Waals surface area contributed by atoms with Crippen molar-refractivity contribution in [1.82, 2.24) is 9.88 Å². The Bertz CT molecular complexity index is 656. The van der Waals surface area contributed by atoms with E-state index in [1.54, 1.807) is 24.1 Å². The number of amides is 1. The number of rotatable bonds is 3. The third kappa shape index (κ3) is 3.01. The predicted molar refractivity (Wildman–Crippen MR) is 75.9 cm³/mol. The van der Waals surface area contributed by atoms with Crippen LogP contribution >= 0.6 is 0 Å². The van der Waals surface area contributed by atoms with Crippen LogP contribution in [0.1, 0.15) is 27.2 Å². The fraction of sp³-hybridized carbons (Fsp3) is 0.188. The van der Waals surface area contributed by atoms with Gasteiger partial charge in [-0.05, 0) is 30.2 Å². The van der Waals surface area contributed by atoms with Gasteiger partial charge in [0.1, 0.15) is 11.8 Å². The molecule has 0 atom stereocenters. The minimum absolute atomic E-state index is 0.106. The maximum atomic E-state index is 12.3. The summed E-state index contributed by atoms with van der Waals surface area (Å²) in [7, 11) is 1.76. The fourth-order valence-electron chi connectivity index (χ4n) is 1.92. The molecule has 2 aromatic rings. The molecule has 4 heteroatoms. The second-order valence-corrected chi connectivity index (χ2v) is 4.63. The van der Waals surface area contributed by atoms with Crippen LogP contribution in [-0.2, 0) is 6.54 Å². The van der Waals surface area contributed by atoms with Gasteiger partial charge in [-0.15, -0.1) is 0 Å². The molecule has 0 saturated carbocycles. The molecule has 1 amide bonds. The Morgan fingerprint density at radius 3 is 2.65 bits per heavy atom. The highest BCUT2D eigenvalue weighted by molar-refractivity contribution is 5.93. The van der Waals surface area contributed by atoms with Crippen molar-refractivity contribution in [2.45, 2.75) is 13.5 Å². The molecule has 1 heterocycles. The lowest BCUT2D eigenvalue weighted by molar-refractivity contribution is 0.0784. The van der Waals surface area contributed by atoms with Crippen molar-refractivity contribution < 1.29 is 4.79 Å². The molecule has 0 saturated heterocycles. The topological polar surface area (TPSA) is 57.0 Å². The highest BCUT2D eigenvalue weighted by Gasteiger charge is 2.13. The van der Waals surface area contributed by atoms with E-state index in [2.05, 4.69) is 4.98 Å². The van der Waals surface area contributed by atoms with Crippen LogP contribution in [0.15, 0.2) is 42.6 Å². The minimum atomic E-state index is -0.106. The number of carbonyl (C=O) groups is 1. The summed E-state index contributed by atoms with van der Waals surface area (Å²) >= 11 is 0. The maximum Gasteiger partial charge on any atom is 0.255 e. The zero-order chi connectivity index (χ0) is 14.5. The second kappa shape index (κ2) is 5.98. The summed E-state index contributed by atoms with van der Waals surface area (Å²) in [6.07, 6.45) is 1.44. The molecule has 4 nitrogen and oxygen atoms in total. The van der Waals surface area contributed by atoms with Gasteiger partial charge in [0.2, 0.25) is 0 Å². The van der Waals surface area contributed by atoms with Gasteiger partial charge in [0, 0.05) is 19.8 Å². The Morgan fingerprint density at radius 2 is 2.05 bits per heavy atom. The molecule has 0 aliphatic rings. The van der Waals surface area contributed by atoms with Crippen molar-refractivity contribution in [3.63, 3.8) is 0 Å². The Morgan fingerprint density at radius 1 is 1.30 bits per heavy atom. The molecule has 0 aliphatic carbocycles. The Kier molecular flexibility index (Phi) is 4.11. The molecule has 20 heavy (non-hydrogen) atoms. The predicted octanol–water partition coefficient (Wildman–Crippen LogP) is 2.53. The van der Waals surface area contributed by atoms with Gasteiger partial charge in [-0.25, -0.2) is 4.98 Å². The number of nitrogens with zero attached hydrogens (tertiary/aromatic N) is 3. The first kappa shape index (κ1) is 13.8. The number of hydrogen-bond acceptors (Lipinski definition) is 3. The van der Waals surface area contributed by atoms with Crippen LogP contribution in [0.4, 0.5) is 0 Å². The largest absolute Gasteiger partial charge is 0.337 e. The standard InChI is InChI=1S/C16H15N3O/c1-12-5-3-4-6-14(12)11-19(2)16(20)13-7-8-15(9-17)18-10-13/h3-8,10H,11H2,1-2H3. The van der Waals surface area contributed by atoms with E-state index in [4.69, 9.17) is 5.26 Å². The minimum Gasteiger partial charge on any atom is -0.337 e. The molecule has 0 N–H and O–H groups in total. The molecule has 0 bridgehead atoms. The number of hydrogen-bond donors (Lipinski definition) is 0. The van der Waals surface area contributed by atoms with Crippen LogP contribution in [0.25, 0.3) is 0 Å². The van der Waals surface area contributed by atoms with Crippen molar-refractivity contribution in [1.29, 1.82) is 5.26 Å². The van der Waals surface area contributed by atoms with Crippen LogP contribution in [0.3, 0.4) is 0 Å². The molecular weight excluding hydrogens is 250 g/mol. The number of carbonyl (C=O) groups excluding carboxylic acids is 1. The van der Waals surface area contributed by atoms with E-state index >= 15 is 0 Å². The number of aromatic nitrogens is 1. The lowest BCUT2D eigenvalue weighted by atomic mass is 10.1. The molecule has 1 aromatic carbocycles. The summed E-state index contributed by atoms with van der Waals surface area (Å²) in [5.74, 6) is -0.106. The lowest BCUT2D eigenvalue weighted by Crippen LogP contribution is -2.26. The summed E-state index contributed by atoms with van der Waals surface area (Å²) in [5, 5.41) is 8.69. The van der Waals surface area contributed by atoms with Crippen molar-refractivity contribution in [2.75, 3.05) is 7.05 Å². The quantitative estimate of drug-likeness (QED) is 0.857. The zero-order valence-corrected chi connectivity index (χ0v) is 11.5. The molecule has 100 valence electrons. The van der Waals surface area contributed by atoms with E-state index in [1.165, 1.54) is 6.20 Å². The van der Waals surface area contributed by atoms with E-state index < -0.39 is 0 Å². The Hall–Kier alpha value is -2.67. The monoisotopic (exact) mass is 265 g/mol. The molecule has 2 rings (SSSR count). The Labute approximate surface area is 118 Å². The van der Waals surface area contributed by atoms with Crippen molar-refractivity contribution in [3.05, 3.63) is 65.0 Å². The lowest BCUT2D eigenvalue weighted by Gasteiger charge is -2.18. The average molecular weight is 265 g/mol. The molecule has 1 aromatic heterocycles. The highest BCUT2D eigenvalue weighted by atomic mass is 16.2. The van der Waals surface area contributed by atoms with Crippen LogP contribution in [0, 0.1) is 18.3 Å². The fourth-order valence-corrected chi connectivity index (χ4v) is 1.92. The van der Waals surface area contributed by atoms with Crippen LogP contribution in [0.5, 0.6) is 0 Å². The number of benzene rings is 1. The average Bonchev–Trinajstić information content (AvgIpc) is 2.49. The van der Waals surface area contributed by atoms with Gasteiger partial charge in [-0.3, -0.25) is 4.79 Å². The van der Waals surface area contributed by atoms with Crippen molar-refractivity contribution in [2.24, 2.45) is 0 Å². The zero-order valence-electron chi connectivity index (χ0n) is 11.5. The van der Waals surface area contributed by atoms with Gasteiger partial charge in [0.05, 0.1) is 5.56 Å². The maximum absolute atomic E-state index is 12.3.